The molecule has 1 aromatic heterocycles. The van der Waals surface area contributed by atoms with Crippen LogP contribution in [0.15, 0.2) is 65.6 Å². The number of para-hydroxylation sites is 1. The van der Waals surface area contributed by atoms with E-state index in [1.807, 2.05) is 54.6 Å². The van der Waals surface area contributed by atoms with Gasteiger partial charge in [-0.25, -0.2) is 4.68 Å². The van der Waals surface area contributed by atoms with Gasteiger partial charge < -0.3 is 5.32 Å². The summed E-state index contributed by atoms with van der Waals surface area (Å²) in [5.41, 5.74) is 0.746. The van der Waals surface area contributed by atoms with Gasteiger partial charge in [0.05, 0.1) is 24.8 Å². The zero-order valence-corrected chi connectivity index (χ0v) is 15.6. The van der Waals surface area contributed by atoms with Crippen molar-refractivity contribution in [3.05, 3.63) is 71.1 Å². The van der Waals surface area contributed by atoms with Crippen LogP contribution in [0.1, 0.15) is 0 Å². The molecule has 4 rings (SSSR count). The normalized spacial score (nSPS) is 15.6. The summed E-state index contributed by atoms with van der Waals surface area (Å²) in [4.78, 5) is 29.1. The van der Waals surface area contributed by atoms with E-state index >= 15 is 0 Å². The predicted molar refractivity (Wildman–Crippen MR) is 109 cm³/mol. The van der Waals surface area contributed by atoms with Gasteiger partial charge in [0.25, 0.3) is 5.56 Å². The van der Waals surface area contributed by atoms with E-state index < -0.39 is 0 Å². The topological polar surface area (TPSA) is 70.5 Å². The summed E-state index contributed by atoms with van der Waals surface area (Å²) in [7, 11) is 0. The number of fused-ring (bicyclic) bond motifs is 1. The molecule has 0 radical (unpaired) electrons. The molecule has 1 aliphatic rings. The Balaban J connectivity index is 1.30. The number of piperazine rings is 1. The minimum absolute atomic E-state index is 0.00735. The van der Waals surface area contributed by atoms with Crippen LogP contribution in [0, 0.1) is 0 Å². The van der Waals surface area contributed by atoms with E-state index in [9.17, 15) is 9.59 Å². The van der Waals surface area contributed by atoms with Crippen molar-refractivity contribution >= 4 is 22.4 Å². The molecule has 7 nitrogen and oxygen atoms in total. The molecule has 1 aliphatic heterocycles. The van der Waals surface area contributed by atoms with Crippen LogP contribution in [-0.2, 0) is 11.5 Å². The third kappa shape index (κ3) is 4.27. The lowest BCUT2D eigenvalue weighted by Gasteiger charge is -2.34. The molecule has 144 valence electrons. The first kappa shape index (κ1) is 18.3. The first-order valence-corrected chi connectivity index (χ1v) is 9.43. The number of nitrogens with one attached hydrogen (secondary N) is 1. The van der Waals surface area contributed by atoms with E-state index in [-0.39, 0.29) is 11.5 Å². The number of anilines is 1. The molecule has 1 amide bonds. The maximum Gasteiger partial charge on any atom is 0.275 e. The van der Waals surface area contributed by atoms with Crippen molar-refractivity contribution in [1.29, 1.82) is 0 Å². The lowest BCUT2D eigenvalue weighted by molar-refractivity contribution is -0.117. The summed E-state index contributed by atoms with van der Waals surface area (Å²) in [5, 5.41) is 8.76. The van der Waals surface area contributed by atoms with E-state index in [0.717, 1.165) is 37.3 Å². The van der Waals surface area contributed by atoms with Crippen molar-refractivity contribution in [3.63, 3.8) is 0 Å². The number of aromatic nitrogens is 2. The van der Waals surface area contributed by atoms with Crippen molar-refractivity contribution in [2.75, 3.05) is 38.0 Å². The summed E-state index contributed by atoms with van der Waals surface area (Å²) in [6.45, 7) is 3.98. The Morgan fingerprint density at radius 1 is 0.929 bits per heavy atom. The number of carbonyl (C=O) groups excluding carboxylic acids is 1. The number of carbonyl (C=O) groups is 1. The largest absolute Gasteiger partial charge is 0.325 e. The van der Waals surface area contributed by atoms with Gasteiger partial charge in [0, 0.05) is 37.3 Å². The Bertz CT molecular complexity index is 1010. The Kier molecular flexibility index (Phi) is 5.45. The molecule has 0 spiro atoms. The quantitative estimate of drug-likeness (QED) is 0.732. The van der Waals surface area contributed by atoms with E-state index in [2.05, 4.69) is 20.2 Å². The van der Waals surface area contributed by atoms with Gasteiger partial charge >= 0.3 is 0 Å². The highest BCUT2D eigenvalue weighted by Crippen LogP contribution is 2.09. The van der Waals surface area contributed by atoms with Gasteiger partial charge in [-0.3, -0.25) is 19.4 Å². The van der Waals surface area contributed by atoms with Gasteiger partial charge in [0.1, 0.15) is 0 Å². The van der Waals surface area contributed by atoms with Crippen LogP contribution in [0.25, 0.3) is 10.8 Å². The molecule has 0 atom stereocenters. The molecule has 2 heterocycles. The van der Waals surface area contributed by atoms with E-state index in [0.29, 0.717) is 18.6 Å². The Labute approximate surface area is 163 Å². The second kappa shape index (κ2) is 8.33. The summed E-state index contributed by atoms with van der Waals surface area (Å²) >= 11 is 0. The van der Waals surface area contributed by atoms with Crippen LogP contribution in [0.5, 0.6) is 0 Å². The van der Waals surface area contributed by atoms with Gasteiger partial charge in [0.15, 0.2) is 0 Å². The van der Waals surface area contributed by atoms with Crippen molar-refractivity contribution in [2.45, 2.75) is 6.67 Å². The zero-order valence-electron chi connectivity index (χ0n) is 15.6. The van der Waals surface area contributed by atoms with Gasteiger partial charge in [-0.05, 0) is 18.2 Å². The van der Waals surface area contributed by atoms with Crippen molar-refractivity contribution in [3.8, 4) is 0 Å². The summed E-state index contributed by atoms with van der Waals surface area (Å²) in [6, 6.07) is 17.0. The lowest BCUT2D eigenvalue weighted by atomic mass is 10.2. The fourth-order valence-electron chi connectivity index (χ4n) is 3.43. The molecule has 1 fully saturated rings. The second-order valence-electron chi connectivity index (χ2n) is 6.99. The predicted octanol–water partition coefficient (Wildman–Crippen LogP) is 1.61. The standard InChI is InChI=1S/C21H23N5O2/c27-20(23-18-7-2-1-3-8-18)15-24-10-12-25(13-11-24)16-26-21(28)19-9-5-4-6-17(19)14-22-26/h1-9,14H,10-13,15-16H2,(H,23,27). The van der Waals surface area contributed by atoms with Crippen molar-refractivity contribution in [2.24, 2.45) is 0 Å². The van der Waals surface area contributed by atoms with E-state index in [1.54, 1.807) is 6.20 Å². The molecule has 0 saturated carbocycles. The first-order chi connectivity index (χ1) is 13.7. The van der Waals surface area contributed by atoms with Crippen LogP contribution in [0.4, 0.5) is 5.69 Å². The fraction of sp³-hybridized carbons (Fsp3) is 0.286. The SMILES string of the molecule is O=C(CN1CCN(Cn2ncc3ccccc3c2=O)CC1)Nc1ccccc1. The summed E-state index contributed by atoms with van der Waals surface area (Å²) < 4.78 is 1.51. The smallest absolute Gasteiger partial charge is 0.275 e. The number of hydrogen-bond acceptors (Lipinski definition) is 5. The monoisotopic (exact) mass is 377 g/mol. The molecule has 0 aliphatic carbocycles. The zero-order chi connectivity index (χ0) is 19.3. The first-order valence-electron chi connectivity index (χ1n) is 9.43. The summed E-state index contributed by atoms with van der Waals surface area (Å²) in [5.74, 6) is -0.00735. The molecule has 1 saturated heterocycles. The number of rotatable bonds is 5. The molecule has 3 aromatic rings. The molecule has 28 heavy (non-hydrogen) atoms. The maximum absolute atomic E-state index is 12.6. The highest BCUT2D eigenvalue weighted by molar-refractivity contribution is 5.92. The average molecular weight is 377 g/mol. The Morgan fingerprint density at radius 3 is 2.39 bits per heavy atom. The number of nitrogens with zero attached hydrogens (tertiary/aromatic N) is 4. The molecule has 0 bridgehead atoms. The lowest BCUT2D eigenvalue weighted by Crippen LogP contribution is -2.49. The molecular weight excluding hydrogens is 354 g/mol. The number of hydrogen-bond donors (Lipinski definition) is 1. The second-order valence-corrected chi connectivity index (χ2v) is 6.99. The van der Waals surface area contributed by atoms with Gasteiger partial charge in [-0.1, -0.05) is 36.4 Å². The minimum atomic E-state index is -0.0669. The highest BCUT2D eigenvalue weighted by Gasteiger charge is 2.20. The van der Waals surface area contributed by atoms with Gasteiger partial charge in [-0.2, -0.15) is 5.10 Å². The Hall–Kier alpha value is -3.03. The maximum atomic E-state index is 12.6. The van der Waals surface area contributed by atoms with Crippen molar-refractivity contribution in [1.82, 2.24) is 19.6 Å². The average Bonchev–Trinajstić information content (AvgIpc) is 2.72. The fourth-order valence-corrected chi connectivity index (χ4v) is 3.43. The third-order valence-corrected chi connectivity index (χ3v) is 4.99. The minimum Gasteiger partial charge on any atom is -0.325 e. The van der Waals surface area contributed by atoms with Crippen molar-refractivity contribution < 1.29 is 4.79 Å². The molecule has 2 aromatic carbocycles. The van der Waals surface area contributed by atoms with Crippen LogP contribution in [0.2, 0.25) is 0 Å². The van der Waals surface area contributed by atoms with E-state index in [1.165, 1.54) is 4.68 Å². The molecule has 0 unspecified atom stereocenters. The van der Waals surface area contributed by atoms with Gasteiger partial charge in [0.2, 0.25) is 5.91 Å². The van der Waals surface area contributed by atoms with Gasteiger partial charge in [-0.15, -0.1) is 0 Å². The Morgan fingerprint density at radius 2 is 1.61 bits per heavy atom. The van der Waals surface area contributed by atoms with Crippen LogP contribution in [-0.4, -0.2) is 58.2 Å². The molecule has 7 heteroatoms. The van der Waals surface area contributed by atoms with Crippen LogP contribution >= 0.6 is 0 Å². The highest BCUT2D eigenvalue weighted by atomic mass is 16.2. The third-order valence-electron chi connectivity index (χ3n) is 4.99. The van der Waals surface area contributed by atoms with Crippen LogP contribution < -0.4 is 10.9 Å². The molecular formula is C21H23N5O2. The van der Waals surface area contributed by atoms with E-state index in [4.69, 9.17) is 0 Å². The number of amides is 1. The summed E-state index contributed by atoms with van der Waals surface area (Å²) in [6.07, 6.45) is 1.74. The molecule has 1 N–H and O–H groups in total. The number of benzene rings is 2. The van der Waals surface area contributed by atoms with Crippen LogP contribution in [0.3, 0.4) is 0 Å².